The molecule has 0 aliphatic rings. The molecule has 24 heavy (non-hydrogen) atoms. The van der Waals surface area contributed by atoms with Gasteiger partial charge in [0, 0.05) is 12.1 Å². The molecule has 1 unspecified atom stereocenters. The van der Waals surface area contributed by atoms with Crippen LogP contribution in [-0.2, 0) is 0 Å². The minimum atomic E-state index is -0.390. The third-order valence-corrected chi connectivity index (χ3v) is 3.42. The quantitative estimate of drug-likeness (QED) is 0.749. The molecule has 0 saturated carbocycles. The summed E-state index contributed by atoms with van der Waals surface area (Å²) in [5, 5.41) is 9.55. The third-order valence-electron chi connectivity index (χ3n) is 3.42. The number of rotatable bonds is 5. The SMILES string of the molecule is Cc1cc(NC(=O)c2cnc(NC(C)c3ccccc3)cn2)no1. The van der Waals surface area contributed by atoms with Crippen LogP contribution in [0.4, 0.5) is 11.6 Å². The average molecular weight is 323 g/mol. The maximum Gasteiger partial charge on any atom is 0.277 e. The molecule has 122 valence electrons. The Bertz CT molecular complexity index is 815. The normalized spacial score (nSPS) is 11.8. The van der Waals surface area contributed by atoms with Crippen molar-refractivity contribution in [3.8, 4) is 0 Å². The Kier molecular flexibility index (Phi) is 4.51. The van der Waals surface area contributed by atoms with Crippen LogP contribution in [0.3, 0.4) is 0 Å². The molecule has 2 heterocycles. The standard InChI is InChI=1S/C17H17N5O2/c1-11-8-15(22-24-11)21-17(23)14-9-19-16(10-18-14)20-12(2)13-6-4-3-5-7-13/h3-10,12H,1-2H3,(H,19,20)(H,21,22,23). The van der Waals surface area contributed by atoms with E-state index in [0.717, 1.165) is 5.56 Å². The molecular weight excluding hydrogens is 306 g/mol. The van der Waals surface area contributed by atoms with E-state index in [0.29, 0.717) is 17.4 Å². The number of nitrogens with one attached hydrogen (secondary N) is 2. The van der Waals surface area contributed by atoms with Crippen LogP contribution in [0.2, 0.25) is 0 Å². The molecule has 2 aromatic heterocycles. The zero-order valence-corrected chi connectivity index (χ0v) is 13.4. The van der Waals surface area contributed by atoms with Crippen LogP contribution >= 0.6 is 0 Å². The summed E-state index contributed by atoms with van der Waals surface area (Å²) in [6.45, 7) is 3.78. The number of aromatic nitrogens is 3. The summed E-state index contributed by atoms with van der Waals surface area (Å²) in [7, 11) is 0. The number of aryl methyl sites for hydroxylation is 1. The first-order chi connectivity index (χ1) is 11.6. The fraction of sp³-hybridized carbons (Fsp3) is 0.176. The van der Waals surface area contributed by atoms with Gasteiger partial charge in [-0.05, 0) is 19.4 Å². The molecule has 1 atom stereocenters. The van der Waals surface area contributed by atoms with Crippen LogP contribution in [-0.4, -0.2) is 21.0 Å². The Hall–Kier alpha value is -3.22. The summed E-state index contributed by atoms with van der Waals surface area (Å²) >= 11 is 0. The second kappa shape index (κ2) is 6.91. The third kappa shape index (κ3) is 3.75. The van der Waals surface area contributed by atoms with E-state index in [1.807, 2.05) is 37.3 Å². The Balaban J connectivity index is 1.63. The van der Waals surface area contributed by atoms with Crippen molar-refractivity contribution in [2.75, 3.05) is 10.6 Å². The van der Waals surface area contributed by atoms with Gasteiger partial charge in [-0.2, -0.15) is 0 Å². The first kappa shape index (κ1) is 15.7. The van der Waals surface area contributed by atoms with Crippen molar-refractivity contribution < 1.29 is 9.32 Å². The van der Waals surface area contributed by atoms with Gasteiger partial charge < -0.3 is 15.2 Å². The number of hydrogen-bond donors (Lipinski definition) is 2. The number of hydrogen-bond acceptors (Lipinski definition) is 6. The van der Waals surface area contributed by atoms with E-state index >= 15 is 0 Å². The molecule has 0 spiro atoms. The van der Waals surface area contributed by atoms with Crippen LogP contribution in [0.25, 0.3) is 0 Å². The van der Waals surface area contributed by atoms with E-state index in [1.165, 1.54) is 12.4 Å². The molecule has 0 aliphatic heterocycles. The predicted octanol–water partition coefficient (Wildman–Crippen LogP) is 3.20. The van der Waals surface area contributed by atoms with Gasteiger partial charge in [-0.1, -0.05) is 35.5 Å². The maximum atomic E-state index is 12.1. The molecule has 0 bridgehead atoms. The number of carbonyl (C=O) groups is 1. The fourth-order valence-corrected chi connectivity index (χ4v) is 2.17. The summed E-state index contributed by atoms with van der Waals surface area (Å²) in [6.07, 6.45) is 2.95. The molecule has 0 aliphatic carbocycles. The van der Waals surface area contributed by atoms with Crippen molar-refractivity contribution in [2.45, 2.75) is 19.9 Å². The Morgan fingerprint density at radius 1 is 1.12 bits per heavy atom. The zero-order valence-electron chi connectivity index (χ0n) is 13.4. The van der Waals surface area contributed by atoms with Crippen molar-refractivity contribution in [1.82, 2.24) is 15.1 Å². The summed E-state index contributed by atoms with van der Waals surface area (Å²) in [5.41, 5.74) is 1.34. The molecule has 7 heteroatoms. The van der Waals surface area contributed by atoms with Gasteiger partial charge >= 0.3 is 0 Å². The number of carbonyl (C=O) groups excluding carboxylic acids is 1. The Labute approximate surface area is 139 Å². The van der Waals surface area contributed by atoms with Crippen molar-refractivity contribution in [2.24, 2.45) is 0 Å². The van der Waals surface area contributed by atoms with Gasteiger partial charge in [0.1, 0.15) is 17.3 Å². The zero-order chi connectivity index (χ0) is 16.9. The predicted molar refractivity (Wildman–Crippen MR) is 89.7 cm³/mol. The smallest absolute Gasteiger partial charge is 0.277 e. The number of amides is 1. The van der Waals surface area contributed by atoms with Gasteiger partial charge in [0.25, 0.3) is 5.91 Å². The van der Waals surface area contributed by atoms with Crippen molar-refractivity contribution in [3.63, 3.8) is 0 Å². The second-order valence-electron chi connectivity index (χ2n) is 5.34. The average Bonchev–Trinajstić information content (AvgIpc) is 3.01. The van der Waals surface area contributed by atoms with Crippen molar-refractivity contribution >= 4 is 17.5 Å². The van der Waals surface area contributed by atoms with E-state index < -0.39 is 5.91 Å². The molecule has 1 aromatic carbocycles. The van der Waals surface area contributed by atoms with Crippen LogP contribution in [0.5, 0.6) is 0 Å². The van der Waals surface area contributed by atoms with Gasteiger partial charge in [0.2, 0.25) is 0 Å². The van der Waals surface area contributed by atoms with Gasteiger partial charge in [-0.15, -0.1) is 0 Å². The van der Waals surface area contributed by atoms with Crippen LogP contribution in [0, 0.1) is 6.92 Å². The molecule has 0 radical (unpaired) electrons. The van der Waals surface area contributed by atoms with Crippen molar-refractivity contribution in [3.05, 3.63) is 65.8 Å². The maximum absolute atomic E-state index is 12.1. The largest absolute Gasteiger partial charge is 0.362 e. The van der Waals surface area contributed by atoms with E-state index in [-0.39, 0.29) is 11.7 Å². The number of anilines is 2. The monoisotopic (exact) mass is 323 g/mol. The van der Waals surface area contributed by atoms with E-state index in [9.17, 15) is 4.79 Å². The van der Waals surface area contributed by atoms with Crippen molar-refractivity contribution in [1.29, 1.82) is 0 Å². The van der Waals surface area contributed by atoms with Gasteiger partial charge in [0.05, 0.1) is 12.4 Å². The lowest BCUT2D eigenvalue weighted by Crippen LogP contribution is -2.15. The van der Waals surface area contributed by atoms with E-state index in [1.54, 1.807) is 13.0 Å². The Morgan fingerprint density at radius 2 is 1.92 bits per heavy atom. The molecule has 3 rings (SSSR count). The van der Waals surface area contributed by atoms with Crippen LogP contribution in [0.1, 0.15) is 34.8 Å². The summed E-state index contributed by atoms with van der Waals surface area (Å²) in [6, 6.07) is 11.7. The highest BCUT2D eigenvalue weighted by Gasteiger charge is 2.12. The lowest BCUT2D eigenvalue weighted by molar-refractivity contribution is 0.102. The summed E-state index contributed by atoms with van der Waals surface area (Å²) in [5.74, 6) is 1.17. The Morgan fingerprint density at radius 3 is 2.54 bits per heavy atom. The molecule has 0 saturated heterocycles. The first-order valence-electron chi connectivity index (χ1n) is 7.50. The van der Waals surface area contributed by atoms with E-state index in [2.05, 4.69) is 25.8 Å². The van der Waals surface area contributed by atoms with Gasteiger partial charge in [-0.25, -0.2) is 9.97 Å². The minimum absolute atomic E-state index is 0.0817. The van der Waals surface area contributed by atoms with Gasteiger partial charge in [0.15, 0.2) is 5.82 Å². The lowest BCUT2D eigenvalue weighted by Gasteiger charge is -2.14. The van der Waals surface area contributed by atoms with Crippen LogP contribution < -0.4 is 10.6 Å². The van der Waals surface area contributed by atoms with Crippen LogP contribution in [0.15, 0.2) is 53.3 Å². The summed E-state index contributed by atoms with van der Waals surface area (Å²) < 4.78 is 4.90. The number of nitrogens with zero attached hydrogens (tertiary/aromatic N) is 3. The molecular formula is C17H17N5O2. The highest BCUT2D eigenvalue weighted by atomic mass is 16.5. The fourth-order valence-electron chi connectivity index (χ4n) is 2.17. The topological polar surface area (TPSA) is 92.9 Å². The first-order valence-corrected chi connectivity index (χ1v) is 7.50. The molecule has 2 N–H and O–H groups in total. The molecule has 3 aromatic rings. The molecule has 7 nitrogen and oxygen atoms in total. The molecule has 0 fully saturated rings. The second-order valence-corrected chi connectivity index (χ2v) is 5.34. The number of benzene rings is 1. The highest BCUT2D eigenvalue weighted by Crippen LogP contribution is 2.17. The summed E-state index contributed by atoms with van der Waals surface area (Å²) in [4.78, 5) is 20.4. The molecule has 1 amide bonds. The van der Waals surface area contributed by atoms with Gasteiger partial charge in [-0.3, -0.25) is 4.79 Å². The highest BCUT2D eigenvalue weighted by molar-refractivity contribution is 6.02. The van der Waals surface area contributed by atoms with E-state index in [4.69, 9.17) is 4.52 Å². The lowest BCUT2D eigenvalue weighted by atomic mass is 10.1. The minimum Gasteiger partial charge on any atom is -0.362 e.